The van der Waals surface area contributed by atoms with E-state index in [-0.39, 0.29) is 5.56 Å². The number of benzene rings is 2. The summed E-state index contributed by atoms with van der Waals surface area (Å²) in [6.07, 6.45) is 0. The molecule has 4 rings (SSSR count). The summed E-state index contributed by atoms with van der Waals surface area (Å²) in [6.45, 7) is 6.24. The highest BCUT2D eigenvalue weighted by atomic mass is 32.2. The molecule has 4 aromatic rings. The zero-order chi connectivity index (χ0) is 24.4. The molecule has 0 unspecified atom stereocenters. The molecule has 0 aliphatic rings. The third-order valence-corrected chi connectivity index (χ3v) is 6.50. The topological polar surface area (TPSA) is 109 Å². The Labute approximate surface area is 200 Å². The van der Waals surface area contributed by atoms with Gasteiger partial charge in [-0.25, -0.2) is 9.78 Å². The number of aromatic amines is 1. The van der Waals surface area contributed by atoms with E-state index < -0.39 is 11.2 Å². The van der Waals surface area contributed by atoms with Crippen LogP contribution >= 0.6 is 11.8 Å². The molecule has 0 bridgehead atoms. The highest BCUT2D eigenvalue weighted by Gasteiger charge is 2.16. The van der Waals surface area contributed by atoms with Gasteiger partial charge in [-0.2, -0.15) is 5.26 Å². The number of methoxy groups -OCH3 is 1. The summed E-state index contributed by atoms with van der Waals surface area (Å²) in [5.41, 5.74) is 3.50. The van der Waals surface area contributed by atoms with Crippen molar-refractivity contribution in [1.29, 1.82) is 5.26 Å². The van der Waals surface area contributed by atoms with Crippen LogP contribution in [-0.4, -0.2) is 17.1 Å². The summed E-state index contributed by atoms with van der Waals surface area (Å²) in [7, 11) is 1.56. The Kier molecular flexibility index (Phi) is 6.57. The number of fused-ring (bicyclic) bond motifs is 1. The lowest BCUT2D eigenvalue weighted by molar-refractivity contribution is 0.415. The summed E-state index contributed by atoms with van der Waals surface area (Å²) in [5.74, 6) is 1.37. The molecule has 2 heterocycles. The number of hydrogen-bond acceptors (Lipinski definition) is 7. The van der Waals surface area contributed by atoms with Crippen molar-refractivity contribution in [3.63, 3.8) is 0 Å². The molecule has 0 saturated heterocycles. The molecule has 0 fully saturated rings. The number of nitrogens with one attached hydrogen (secondary N) is 1. The fourth-order valence-electron chi connectivity index (χ4n) is 3.86. The predicted molar refractivity (Wildman–Crippen MR) is 132 cm³/mol. The van der Waals surface area contributed by atoms with Crippen molar-refractivity contribution in [3.8, 4) is 23.1 Å². The van der Waals surface area contributed by atoms with Gasteiger partial charge in [0.05, 0.1) is 12.8 Å². The minimum Gasteiger partial charge on any atom is -0.497 e. The Morgan fingerprint density at radius 3 is 2.56 bits per heavy atom. The van der Waals surface area contributed by atoms with Gasteiger partial charge in [-0.1, -0.05) is 25.6 Å². The van der Waals surface area contributed by atoms with Gasteiger partial charge in [0.2, 0.25) is 0 Å². The van der Waals surface area contributed by atoms with E-state index >= 15 is 0 Å². The summed E-state index contributed by atoms with van der Waals surface area (Å²) in [6, 6.07) is 14.4. The van der Waals surface area contributed by atoms with E-state index in [1.807, 2.05) is 19.1 Å². The number of rotatable bonds is 6. The fourth-order valence-corrected chi connectivity index (χ4v) is 4.71. The zero-order valence-corrected chi connectivity index (χ0v) is 20.1. The average molecular weight is 474 g/mol. The van der Waals surface area contributed by atoms with Crippen LogP contribution in [0.5, 0.6) is 5.75 Å². The van der Waals surface area contributed by atoms with Crippen molar-refractivity contribution in [3.05, 3.63) is 85.5 Å². The first-order valence-electron chi connectivity index (χ1n) is 10.7. The number of ether oxygens (including phenoxy) is 1. The molecule has 0 amide bonds. The molecule has 0 aliphatic heterocycles. The van der Waals surface area contributed by atoms with Crippen LogP contribution < -0.4 is 15.9 Å². The van der Waals surface area contributed by atoms with Gasteiger partial charge in [-0.3, -0.25) is 4.79 Å². The van der Waals surface area contributed by atoms with E-state index in [1.54, 1.807) is 31.4 Å². The van der Waals surface area contributed by atoms with Gasteiger partial charge < -0.3 is 14.1 Å². The van der Waals surface area contributed by atoms with Gasteiger partial charge in [0.1, 0.15) is 23.0 Å². The number of aryl methyl sites for hydroxylation is 1. The molecule has 34 heavy (non-hydrogen) atoms. The Hall–Kier alpha value is -3.83. The van der Waals surface area contributed by atoms with E-state index in [4.69, 9.17) is 9.15 Å². The Bertz CT molecular complexity index is 1530. The molecule has 7 nitrogen and oxygen atoms in total. The van der Waals surface area contributed by atoms with Crippen molar-refractivity contribution >= 4 is 22.7 Å². The largest absolute Gasteiger partial charge is 0.497 e. The third kappa shape index (κ3) is 4.61. The van der Waals surface area contributed by atoms with Crippen LogP contribution in [0.15, 0.2) is 61.6 Å². The maximum absolute atomic E-state index is 12.6. The fraction of sp³-hybridized carbons (Fsp3) is 0.231. The second-order valence-corrected chi connectivity index (χ2v) is 9.14. The lowest BCUT2D eigenvalue weighted by Crippen LogP contribution is -2.14. The molecule has 0 saturated carbocycles. The van der Waals surface area contributed by atoms with Gasteiger partial charge in [-0.05, 0) is 65.9 Å². The van der Waals surface area contributed by atoms with E-state index in [0.29, 0.717) is 39.4 Å². The van der Waals surface area contributed by atoms with Crippen LogP contribution in [0, 0.1) is 18.3 Å². The smallest absolute Gasteiger partial charge is 0.336 e. The maximum Gasteiger partial charge on any atom is 0.336 e. The first-order valence-corrected chi connectivity index (χ1v) is 11.7. The second kappa shape index (κ2) is 9.57. The number of H-pyrrole nitrogens is 1. The van der Waals surface area contributed by atoms with E-state index in [0.717, 1.165) is 16.5 Å². The van der Waals surface area contributed by atoms with Gasteiger partial charge in [0.25, 0.3) is 5.56 Å². The summed E-state index contributed by atoms with van der Waals surface area (Å²) in [4.78, 5) is 32.0. The van der Waals surface area contributed by atoms with Crippen molar-refractivity contribution in [2.75, 3.05) is 7.11 Å². The van der Waals surface area contributed by atoms with Crippen LogP contribution in [0.3, 0.4) is 0 Å². The van der Waals surface area contributed by atoms with E-state index in [1.165, 1.54) is 23.4 Å². The molecular formula is C26H23N3O4S. The zero-order valence-electron chi connectivity index (χ0n) is 19.3. The molecule has 0 spiro atoms. The first-order chi connectivity index (χ1) is 16.3. The highest BCUT2D eigenvalue weighted by molar-refractivity contribution is 7.98. The number of thioether (sulfide) groups is 1. The van der Waals surface area contributed by atoms with Crippen LogP contribution in [0.25, 0.3) is 22.2 Å². The van der Waals surface area contributed by atoms with Crippen LogP contribution in [0.4, 0.5) is 0 Å². The minimum absolute atomic E-state index is 0.0580. The van der Waals surface area contributed by atoms with Crippen molar-refractivity contribution in [2.45, 2.75) is 37.6 Å². The second-order valence-electron chi connectivity index (χ2n) is 8.17. The number of hydrogen-bond donors (Lipinski definition) is 1. The van der Waals surface area contributed by atoms with Gasteiger partial charge in [-0.15, -0.1) is 0 Å². The van der Waals surface area contributed by atoms with Crippen LogP contribution in [0.2, 0.25) is 0 Å². The van der Waals surface area contributed by atoms with Gasteiger partial charge in [0.15, 0.2) is 5.16 Å². The number of nitrogens with zero attached hydrogens (tertiary/aromatic N) is 2. The average Bonchev–Trinajstić information content (AvgIpc) is 2.81. The quantitative estimate of drug-likeness (QED) is 0.234. The lowest BCUT2D eigenvalue weighted by atomic mass is 9.95. The van der Waals surface area contributed by atoms with Crippen LogP contribution in [0.1, 0.15) is 42.0 Å². The maximum atomic E-state index is 12.6. The molecule has 0 aliphatic carbocycles. The third-order valence-electron chi connectivity index (χ3n) is 5.58. The van der Waals surface area contributed by atoms with Crippen molar-refractivity contribution < 1.29 is 9.15 Å². The molecule has 172 valence electrons. The molecule has 2 aromatic heterocycles. The summed E-state index contributed by atoms with van der Waals surface area (Å²) >= 11 is 1.28. The molecule has 2 aromatic carbocycles. The highest BCUT2D eigenvalue weighted by Crippen LogP contribution is 2.30. The Balaban J connectivity index is 1.73. The SMILES string of the molecule is COc1ccc(-c2nc(SCc3cc(=O)oc4cc(C)c(C(C)C)cc34)[nH]c(=O)c2C#N)cc1. The molecule has 0 atom stereocenters. The first kappa shape index (κ1) is 23.3. The number of aromatic nitrogens is 2. The summed E-state index contributed by atoms with van der Waals surface area (Å²) in [5, 5.41) is 10.7. The molecular weight excluding hydrogens is 450 g/mol. The molecule has 8 heteroatoms. The Morgan fingerprint density at radius 1 is 1.18 bits per heavy atom. The predicted octanol–water partition coefficient (Wildman–Crippen LogP) is 5.15. The molecule has 0 radical (unpaired) electrons. The van der Waals surface area contributed by atoms with Crippen LogP contribution in [-0.2, 0) is 5.75 Å². The molecule has 1 N–H and O–H groups in total. The number of nitriles is 1. The Morgan fingerprint density at radius 2 is 1.91 bits per heavy atom. The summed E-state index contributed by atoms with van der Waals surface area (Å²) < 4.78 is 10.6. The van der Waals surface area contributed by atoms with Crippen molar-refractivity contribution in [1.82, 2.24) is 9.97 Å². The normalized spacial score (nSPS) is 11.1. The van der Waals surface area contributed by atoms with Gasteiger partial charge in [0, 0.05) is 22.8 Å². The van der Waals surface area contributed by atoms with E-state index in [9.17, 15) is 14.9 Å². The standard InChI is InChI=1S/C26H23N3O4S/c1-14(2)19-11-20-17(10-23(30)33-22(20)9-15(19)3)13-34-26-28-24(21(12-27)25(31)29-26)16-5-7-18(32-4)8-6-16/h5-11,14H,13H2,1-4H3,(H,28,29,31). The van der Waals surface area contributed by atoms with Gasteiger partial charge >= 0.3 is 5.63 Å². The van der Waals surface area contributed by atoms with E-state index in [2.05, 4.69) is 29.9 Å². The van der Waals surface area contributed by atoms with Crippen molar-refractivity contribution in [2.24, 2.45) is 0 Å². The lowest BCUT2D eigenvalue weighted by Gasteiger charge is -2.13. The monoisotopic (exact) mass is 473 g/mol. The minimum atomic E-state index is -0.513.